The molecule has 11 aromatic carbocycles. The number of rotatable bonds is 5. The van der Waals surface area contributed by atoms with Crippen LogP contribution in [0.3, 0.4) is 0 Å². The topological polar surface area (TPSA) is 25.4 Å². The van der Waals surface area contributed by atoms with E-state index in [4.69, 9.17) is 4.74 Å². The van der Waals surface area contributed by atoms with Gasteiger partial charge in [0, 0.05) is 79.6 Å². The zero-order valence-corrected chi connectivity index (χ0v) is 51.7. The first-order chi connectivity index (χ1) is 43.2. The third-order valence-electron chi connectivity index (χ3n) is 21.9. The number of ether oxygens (including phenoxy) is 1. The van der Waals surface area contributed by atoms with Gasteiger partial charge in [0.05, 0.1) is 34.1 Å². The van der Waals surface area contributed by atoms with Gasteiger partial charge in [-0.15, -0.1) is 0 Å². The lowest BCUT2D eigenvalue weighted by molar-refractivity contribution is 0.177. The van der Waals surface area contributed by atoms with E-state index < -0.39 is 0 Å². The minimum atomic E-state index is -0.225. The number of allylic oxidation sites excluding steroid dienone is 2. The molecule has 0 radical (unpaired) electrons. The van der Waals surface area contributed by atoms with Crippen molar-refractivity contribution in [2.24, 2.45) is 10.8 Å². The predicted octanol–water partition coefficient (Wildman–Crippen LogP) is 18.1. The molecule has 89 heavy (non-hydrogen) atoms. The maximum absolute atomic E-state index is 7.90. The summed E-state index contributed by atoms with van der Waals surface area (Å²) in [6.07, 6.45) is 0.937. The highest BCUT2D eigenvalue weighted by molar-refractivity contribution is 7.01. The van der Waals surface area contributed by atoms with Crippen LogP contribution < -0.4 is 56.6 Å². The van der Waals surface area contributed by atoms with Crippen molar-refractivity contribution in [3.8, 4) is 11.5 Å². The average Bonchev–Trinajstić information content (AvgIpc) is 1.64. The largest absolute Gasteiger partial charge is 0.458 e. The summed E-state index contributed by atoms with van der Waals surface area (Å²) in [6.45, 7) is 19.2. The summed E-state index contributed by atoms with van der Waals surface area (Å²) in [6, 6.07) is 93.4. The molecule has 0 N–H and O–H groups in total. The molecule has 0 saturated heterocycles. The van der Waals surface area contributed by atoms with Crippen molar-refractivity contribution in [3.63, 3.8) is 0 Å². The molecule has 428 valence electrons. The van der Waals surface area contributed by atoms with Gasteiger partial charge in [0.15, 0.2) is 0 Å². The Hall–Kier alpha value is -9.91. The lowest BCUT2D eigenvalue weighted by Crippen LogP contribution is -2.63. The molecule has 1 aliphatic carbocycles. The summed E-state index contributed by atoms with van der Waals surface area (Å²) < 4.78 is 7.90. The molecule has 6 nitrogen and oxygen atoms in total. The summed E-state index contributed by atoms with van der Waals surface area (Å²) >= 11 is 0. The Kier molecular flexibility index (Phi) is 10.8. The van der Waals surface area contributed by atoms with Gasteiger partial charge >= 0.3 is 0 Å². The van der Waals surface area contributed by atoms with Gasteiger partial charge in [-0.3, -0.25) is 0 Å². The van der Waals surface area contributed by atoms with E-state index >= 15 is 0 Å². The van der Waals surface area contributed by atoms with Crippen LogP contribution in [0, 0.1) is 10.8 Å². The van der Waals surface area contributed by atoms with Crippen LogP contribution in [0.4, 0.5) is 79.6 Å². The maximum atomic E-state index is 7.90. The second kappa shape index (κ2) is 18.3. The SMILES string of the molecule is CC1(C)c2ccccc2N(c2cc3c4c(c2)N(c2ccccc2)C2=C(CC(C)(C)C2(C)C)B4c2cc4c(cc2O3)N(c2ccccc2)c2cc(N3c5ccccc5C(C)(C)c5ccccc53)cc3c2B4c2ccccc2N3c2ccccc2)c2ccccc21. The van der Waals surface area contributed by atoms with Crippen LogP contribution in [0.25, 0.3) is 0 Å². The Morgan fingerprint density at radius 1 is 0.303 bits per heavy atom. The molecule has 8 heteroatoms. The standard InChI is InChI=1S/C81H67B2N5O/c1-78(2)50-63-77(81(78,7)8)88(53-32-16-11-17-33-53)72-46-55(87-66-41-25-20-36-58(66)80(5,6)59-37-21-26-42-67(59)87)47-74-76(72)83(63)62-48-61-69(49-73(62)89-74)85(52-30-14-10-15-31-52)71-45-54(86-64-39-23-18-34-56(64)79(3,4)57-35-19-24-40-65(57)86)44-70-75(71)82(61)60-38-22-27-43-68(60)84(70)51-28-12-9-13-29-51/h9-49H,50H2,1-8H3. The lowest BCUT2D eigenvalue weighted by atomic mass is 9.30. The van der Waals surface area contributed by atoms with Gasteiger partial charge in [0.1, 0.15) is 11.5 Å². The minimum Gasteiger partial charge on any atom is -0.458 e. The van der Waals surface area contributed by atoms with Crippen molar-refractivity contribution in [2.75, 3.05) is 24.5 Å². The van der Waals surface area contributed by atoms with Crippen molar-refractivity contribution < 1.29 is 4.74 Å². The van der Waals surface area contributed by atoms with Crippen LogP contribution in [-0.2, 0) is 10.8 Å². The summed E-state index contributed by atoms with van der Waals surface area (Å²) in [7, 11) is 0. The molecule has 0 aromatic heterocycles. The third kappa shape index (κ3) is 7.06. The highest BCUT2D eigenvalue weighted by Crippen LogP contribution is 2.63. The molecule has 6 heterocycles. The van der Waals surface area contributed by atoms with Crippen molar-refractivity contribution >= 4 is 120 Å². The second-order valence-electron chi connectivity index (χ2n) is 27.8. The van der Waals surface area contributed by atoms with Gasteiger partial charge in [0.2, 0.25) is 0 Å². The number of hydrogen-bond donors (Lipinski definition) is 0. The van der Waals surface area contributed by atoms with E-state index in [0.717, 1.165) is 63.4 Å². The van der Waals surface area contributed by atoms with Crippen LogP contribution in [0.2, 0.25) is 0 Å². The van der Waals surface area contributed by atoms with Crippen molar-refractivity contribution in [2.45, 2.75) is 72.6 Å². The fourth-order valence-corrected chi connectivity index (χ4v) is 17.1. The number of nitrogens with zero attached hydrogens (tertiary/aromatic N) is 5. The van der Waals surface area contributed by atoms with Crippen LogP contribution in [0.1, 0.15) is 84.1 Å². The molecule has 0 unspecified atom stereocenters. The first kappa shape index (κ1) is 52.2. The molecular formula is C81H67B2N5O. The molecule has 6 aliphatic heterocycles. The van der Waals surface area contributed by atoms with Crippen molar-refractivity contribution in [3.05, 3.63) is 282 Å². The molecule has 0 amide bonds. The Morgan fingerprint density at radius 3 is 1.19 bits per heavy atom. The summed E-state index contributed by atoms with van der Waals surface area (Å²) in [5.41, 5.74) is 29.6. The fourth-order valence-electron chi connectivity index (χ4n) is 17.1. The van der Waals surface area contributed by atoms with E-state index in [1.807, 2.05) is 0 Å². The van der Waals surface area contributed by atoms with Crippen LogP contribution in [0.15, 0.2) is 260 Å². The number of para-hydroxylation sites is 8. The van der Waals surface area contributed by atoms with Gasteiger partial charge in [-0.1, -0.05) is 213 Å². The Morgan fingerprint density at radius 2 is 0.697 bits per heavy atom. The molecule has 7 aliphatic rings. The summed E-state index contributed by atoms with van der Waals surface area (Å²) in [5, 5.41) is 0. The minimum absolute atomic E-state index is 0.0806. The molecule has 0 fully saturated rings. The van der Waals surface area contributed by atoms with Crippen molar-refractivity contribution in [1.82, 2.24) is 0 Å². The molecule has 11 aromatic rings. The van der Waals surface area contributed by atoms with E-state index in [9.17, 15) is 0 Å². The van der Waals surface area contributed by atoms with Crippen LogP contribution in [-0.4, -0.2) is 13.4 Å². The number of fused-ring (bicyclic) bond motifs is 11. The van der Waals surface area contributed by atoms with Gasteiger partial charge in [-0.05, 0) is 146 Å². The zero-order valence-electron chi connectivity index (χ0n) is 51.7. The lowest BCUT2D eigenvalue weighted by Gasteiger charge is -2.47. The number of anilines is 14. The molecular weight excluding hydrogens is 1080 g/mol. The summed E-state index contributed by atoms with van der Waals surface area (Å²) in [4.78, 5) is 12.8. The highest BCUT2D eigenvalue weighted by atomic mass is 16.5. The molecule has 0 bridgehead atoms. The second-order valence-corrected chi connectivity index (χ2v) is 27.8. The van der Waals surface area contributed by atoms with Gasteiger partial charge in [-0.25, -0.2) is 0 Å². The van der Waals surface area contributed by atoms with E-state index in [1.54, 1.807) is 0 Å². The molecule has 0 atom stereocenters. The van der Waals surface area contributed by atoms with E-state index in [-0.39, 0.29) is 35.1 Å². The Labute approximate surface area is 523 Å². The maximum Gasteiger partial charge on any atom is 0.252 e. The molecule has 0 spiro atoms. The summed E-state index contributed by atoms with van der Waals surface area (Å²) in [5.74, 6) is 1.79. The van der Waals surface area contributed by atoms with Gasteiger partial charge < -0.3 is 29.2 Å². The van der Waals surface area contributed by atoms with Crippen LogP contribution >= 0.6 is 0 Å². The predicted molar refractivity (Wildman–Crippen MR) is 373 cm³/mol. The first-order valence-electron chi connectivity index (χ1n) is 31.8. The van der Waals surface area contributed by atoms with Gasteiger partial charge in [0.25, 0.3) is 13.4 Å². The quantitative estimate of drug-likeness (QED) is 0.159. The fraction of sp³-hybridized carbons (Fsp3) is 0.160. The molecule has 18 rings (SSSR count). The van der Waals surface area contributed by atoms with Gasteiger partial charge in [-0.2, -0.15) is 0 Å². The first-order valence-corrected chi connectivity index (χ1v) is 31.8. The Balaban J connectivity index is 0.929. The monoisotopic (exact) mass is 1150 g/mol. The number of hydrogen-bond acceptors (Lipinski definition) is 6. The van der Waals surface area contributed by atoms with E-state index in [1.165, 1.54) is 94.9 Å². The van der Waals surface area contributed by atoms with Crippen molar-refractivity contribution in [1.29, 1.82) is 0 Å². The van der Waals surface area contributed by atoms with E-state index in [0.29, 0.717) is 0 Å². The smallest absolute Gasteiger partial charge is 0.252 e. The average molecular weight is 1150 g/mol. The number of benzene rings is 11. The normalized spacial score (nSPS) is 17.4. The van der Waals surface area contributed by atoms with E-state index in [2.05, 4.69) is 329 Å². The van der Waals surface area contributed by atoms with Crippen LogP contribution in [0.5, 0.6) is 11.5 Å². The highest BCUT2D eigenvalue weighted by Gasteiger charge is 2.57. The third-order valence-corrected chi connectivity index (χ3v) is 21.9. The molecule has 0 saturated carbocycles. The Bertz CT molecular complexity index is 4760. The zero-order chi connectivity index (χ0) is 60.0.